The van der Waals surface area contributed by atoms with Gasteiger partial charge in [0.2, 0.25) is 0 Å². The number of pyridine rings is 1. The quantitative estimate of drug-likeness (QED) is 0.826. The first-order valence-electron chi connectivity index (χ1n) is 5.31. The Morgan fingerprint density at radius 3 is 3.07 bits per heavy atom. The van der Waals surface area contributed by atoms with Gasteiger partial charge in [-0.05, 0) is 31.2 Å². The lowest BCUT2D eigenvalue weighted by atomic mass is 10.2. The van der Waals surface area contributed by atoms with E-state index in [4.69, 9.17) is 5.73 Å². The van der Waals surface area contributed by atoms with Crippen LogP contribution in [0, 0.1) is 0 Å². The van der Waals surface area contributed by atoms with Crippen LogP contribution in [0.2, 0.25) is 0 Å². The number of nitrogens with one attached hydrogen (secondary N) is 1. The zero-order chi connectivity index (χ0) is 10.7. The number of aromatic nitrogens is 1. The summed E-state index contributed by atoms with van der Waals surface area (Å²) in [5, 5.41) is 4.19. The molecule has 1 aromatic heterocycles. The van der Waals surface area contributed by atoms with Gasteiger partial charge in [0.15, 0.2) is 0 Å². The molecule has 2 unspecified atom stereocenters. The second-order valence-electron chi connectivity index (χ2n) is 3.90. The van der Waals surface area contributed by atoms with Crippen molar-refractivity contribution in [1.82, 2.24) is 4.98 Å². The third-order valence-electron chi connectivity index (χ3n) is 2.86. The average Bonchev–Trinajstić information content (AvgIpc) is 2.65. The van der Waals surface area contributed by atoms with Crippen LogP contribution >= 0.6 is 11.8 Å². The van der Waals surface area contributed by atoms with Gasteiger partial charge in [0, 0.05) is 11.3 Å². The molecular weight excluding hydrogens is 206 g/mol. The van der Waals surface area contributed by atoms with Crippen molar-refractivity contribution in [2.45, 2.75) is 30.6 Å². The summed E-state index contributed by atoms with van der Waals surface area (Å²) in [5.41, 5.74) is 5.64. The van der Waals surface area contributed by atoms with Crippen molar-refractivity contribution < 1.29 is 0 Å². The molecule has 0 spiro atoms. The molecule has 1 aromatic rings. The molecule has 0 amide bonds. The standard InChI is InChI=1S/C11H17N3S/c1-15-9-5-2-4-8(9)13-11-7-3-6-10(12)14-11/h3,6-9H,2,4-5H2,1H3,(H3,12,13,14). The number of nitrogen functional groups attached to an aromatic ring is 1. The first-order chi connectivity index (χ1) is 7.29. The van der Waals surface area contributed by atoms with Gasteiger partial charge in [0.25, 0.3) is 0 Å². The van der Waals surface area contributed by atoms with Crippen LogP contribution in [0.1, 0.15) is 19.3 Å². The number of nitrogens with zero attached hydrogens (tertiary/aromatic N) is 1. The van der Waals surface area contributed by atoms with Crippen LogP contribution in [0.15, 0.2) is 18.2 Å². The van der Waals surface area contributed by atoms with Gasteiger partial charge in [-0.3, -0.25) is 0 Å². The smallest absolute Gasteiger partial charge is 0.128 e. The third kappa shape index (κ3) is 2.56. The molecule has 0 bridgehead atoms. The van der Waals surface area contributed by atoms with Crippen LogP contribution < -0.4 is 11.1 Å². The van der Waals surface area contributed by atoms with E-state index in [0.717, 1.165) is 5.82 Å². The highest BCUT2D eigenvalue weighted by Gasteiger charge is 2.26. The monoisotopic (exact) mass is 223 g/mol. The highest BCUT2D eigenvalue weighted by Crippen LogP contribution is 2.30. The molecule has 0 radical (unpaired) electrons. The summed E-state index contributed by atoms with van der Waals surface area (Å²) in [5.74, 6) is 1.49. The summed E-state index contributed by atoms with van der Waals surface area (Å²) in [6.45, 7) is 0. The molecule has 1 aliphatic rings. The van der Waals surface area contributed by atoms with Crippen molar-refractivity contribution in [3.8, 4) is 0 Å². The Kier molecular flexibility index (Phi) is 3.36. The van der Waals surface area contributed by atoms with Crippen LogP contribution in [-0.2, 0) is 0 Å². The first-order valence-corrected chi connectivity index (χ1v) is 6.60. The predicted molar refractivity (Wildman–Crippen MR) is 67.2 cm³/mol. The minimum Gasteiger partial charge on any atom is -0.384 e. The number of rotatable bonds is 3. The Hall–Kier alpha value is -0.900. The molecule has 82 valence electrons. The average molecular weight is 223 g/mol. The molecule has 0 aliphatic heterocycles. The second kappa shape index (κ2) is 4.75. The second-order valence-corrected chi connectivity index (χ2v) is 4.98. The van der Waals surface area contributed by atoms with Gasteiger partial charge in [-0.15, -0.1) is 0 Å². The zero-order valence-corrected chi connectivity index (χ0v) is 9.76. The summed E-state index contributed by atoms with van der Waals surface area (Å²) in [6, 6.07) is 6.28. The maximum absolute atomic E-state index is 5.64. The van der Waals surface area contributed by atoms with Gasteiger partial charge in [-0.25, -0.2) is 4.98 Å². The predicted octanol–water partition coefficient (Wildman–Crippen LogP) is 2.36. The fraction of sp³-hybridized carbons (Fsp3) is 0.545. The Bertz CT molecular complexity index is 329. The highest BCUT2D eigenvalue weighted by atomic mass is 32.2. The van der Waals surface area contributed by atoms with Crippen LogP contribution in [0.4, 0.5) is 11.6 Å². The van der Waals surface area contributed by atoms with E-state index in [2.05, 4.69) is 16.6 Å². The van der Waals surface area contributed by atoms with Gasteiger partial charge >= 0.3 is 0 Å². The number of hydrogen-bond acceptors (Lipinski definition) is 4. The van der Waals surface area contributed by atoms with E-state index in [9.17, 15) is 0 Å². The van der Waals surface area contributed by atoms with E-state index >= 15 is 0 Å². The van der Waals surface area contributed by atoms with Gasteiger partial charge in [-0.2, -0.15) is 11.8 Å². The Labute approximate surface area is 94.8 Å². The number of thioether (sulfide) groups is 1. The fourth-order valence-corrected chi connectivity index (χ4v) is 3.03. The van der Waals surface area contributed by atoms with Gasteiger partial charge in [0.05, 0.1) is 0 Å². The minimum atomic E-state index is 0.550. The number of hydrogen-bond donors (Lipinski definition) is 2. The molecule has 3 nitrogen and oxygen atoms in total. The lowest BCUT2D eigenvalue weighted by molar-refractivity contribution is 0.764. The van der Waals surface area contributed by atoms with Crippen molar-refractivity contribution >= 4 is 23.4 Å². The first kappa shape index (κ1) is 10.6. The molecule has 1 fully saturated rings. The molecule has 0 aromatic carbocycles. The molecule has 2 rings (SSSR count). The number of anilines is 2. The zero-order valence-electron chi connectivity index (χ0n) is 8.94. The largest absolute Gasteiger partial charge is 0.384 e. The fourth-order valence-electron chi connectivity index (χ4n) is 2.10. The van der Waals surface area contributed by atoms with Gasteiger partial charge in [0.1, 0.15) is 11.6 Å². The van der Waals surface area contributed by atoms with Crippen LogP contribution in [0.25, 0.3) is 0 Å². The topological polar surface area (TPSA) is 50.9 Å². The van der Waals surface area contributed by atoms with Crippen molar-refractivity contribution in [3.63, 3.8) is 0 Å². The van der Waals surface area contributed by atoms with Crippen LogP contribution in [0.3, 0.4) is 0 Å². The SMILES string of the molecule is CSC1CCCC1Nc1cccc(N)n1. The molecule has 15 heavy (non-hydrogen) atoms. The molecule has 1 saturated carbocycles. The molecule has 1 heterocycles. The Morgan fingerprint density at radius 2 is 2.33 bits per heavy atom. The van der Waals surface area contributed by atoms with E-state index in [1.165, 1.54) is 19.3 Å². The van der Waals surface area contributed by atoms with Crippen LogP contribution in [0.5, 0.6) is 0 Å². The molecular formula is C11H17N3S. The maximum Gasteiger partial charge on any atom is 0.128 e. The lowest BCUT2D eigenvalue weighted by Gasteiger charge is -2.19. The van der Waals surface area contributed by atoms with Crippen molar-refractivity contribution in [2.75, 3.05) is 17.3 Å². The normalized spacial score (nSPS) is 25.4. The van der Waals surface area contributed by atoms with E-state index < -0.39 is 0 Å². The Morgan fingerprint density at radius 1 is 1.47 bits per heavy atom. The minimum absolute atomic E-state index is 0.550. The maximum atomic E-state index is 5.64. The van der Waals surface area contributed by atoms with Crippen molar-refractivity contribution in [3.05, 3.63) is 18.2 Å². The molecule has 1 aliphatic carbocycles. The third-order valence-corrected chi connectivity index (χ3v) is 4.03. The van der Waals surface area contributed by atoms with Crippen molar-refractivity contribution in [2.24, 2.45) is 0 Å². The summed E-state index contributed by atoms with van der Waals surface area (Å²) >= 11 is 1.94. The summed E-state index contributed by atoms with van der Waals surface area (Å²) < 4.78 is 0. The van der Waals surface area contributed by atoms with E-state index in [0.29, 0.717) is 17.1 Å². The number of nitrogens with two attached hydrogens (primary N) is 1. The lowest BCUT2D eigenvalue weighted by Crippen LogP contribution is -2.26. The summed E-state index contributed by atoms with van der Waals surface area (Å²) in [6.07, 6.45) is 6.03. The summed E-state index contributed by atoms with van der Waals surface area (Å²) in [4.78, 5) is 4.26. The van der Waals surface area contributed by atoms with E-state index in [1.54, 1.807) is 0 Å². The van der Waals surface area contributed by atoms with E-state index in [1.807, 2.05) is 30.0 Å². The molecule has 0 saturated heterocycles. The van der Waals surface area contributed by atoms with Crippen LogP contribution in [-0.4, -0.2) is 22.5 Å². The van der Waals surface area contributed by atoms with E-state index in [-0.39, 0.29) is 0 Å². The molecule has 3 N–H and O–H groups in total. The Balaban J connectivity index is 2.02. The van der Waals surface area contributed by atoms with Gasteiger partial charge < -0.3 is 11.1 Å². The van der Waals surface area contributed by atoms with Crippen molar-refractivity contribution in [1.29, 1.82) is 0 Å². The molecule has 4 heteroatoms. The molecule has 2 atom stereocenters. The highest BCUT2D eigenvalue weighted by molar-refractivity contribution is 7.99. The summed E-state index contributed by atoms with van der Waals surface area (Å²) in [7, 11) is 0. The van der Waals surface area contributed by atoms with Gasteiger partial charge in [-0.1, -0.05) is 12.5 Å².